The molecule has 0 spiro atoms. The number of aryl methyl sites for hydroxylation is 1. The van der Waals surface area contributed by atoms with E-state index in [9.17, 15) is 0 Å². The molecule has 0 amide bonds. The van der Waals surface area contributed by atoms with Crippen LogP contribution in [0.3, 0.4) is 0 Å². The fourth-order valence-corrected chi connectivity index (χ4v) is 2.45. The molecule has 0 radical (unpaired) electrons. The topological polar surface area (TPSA) is 38.0 Å². The lowest BCUT2D eigenvalue weighted by Gasteiger charge is -2.12. The van der Waals surface area contributed by atoms with Crippen LogP contribution in [0, 0.1) is 10.5 Å². The smallest absolute Gasteiger partial charge is 0.0656 e. The van der Waals surface area contributed by atoms with Crippen molar-refractivity contribution in [1.82, 2.24) is 0 Å². The van der Waals surface area contributed by atoms with Crippen molar-refractivity contribution in [2.24, 2.45) is 0 Å². The molecule has 0 aliphatic carbocycles. The molecule has 0 aliphatic rings. The van der Waals surface area contributed by atoms with Crippen molar-refractivity contribution >= 4 is 67.2 Å². The lowest BCUT2D eigenvalue weighted by atomic mass is 10.1. The van der Waals surface area contributed by atoms with Gasteiger partial charge in [0.05, 0.1) is 10.7 Å². The first-order valence-electron chi connectivity index (χ1n) is 5.25. The van der Waals surface area contributed by atoms with Crippen molar-refractivity contribution in [1.29, 1.82) is 0 Å². The molecule has 3 N–H and O–H groups in total. The van der Waals surface area contributed by atoms with Crippen molar-refractivity contribution in [2.45, 2.75) is 6.92 Å². The molecule has 5 heteroatoms. The van der Waals surface area contributed by atoms with Gasteiger partial charge in [-0.05, 0) is 81.3 Å². The van der Waals surface area contributed by atoms with Gasteiger partial charge in [-0.1, -0.05) is 11.6 Å². The molecule has 0 heterocycles. The minimum absolute atomic E-state index is 0.563. The third kappa shape index (κ3) is 3.10. The maximum atomic E-state index is 6.03. The van der Waals surface area contributed by atoms with Crippen LogP contribution >= 0.6 is 50.1 Å². The first-order chi connectivity index (χ1) is 8.47. The van der Waals surface area contributed by atoms with Gasteiger partial charge in [-0.3, -0.25) is 0 Å². The van der Waals surface area contributed by atoms with E-state index < -0.39 is 0 Å². The van der Waals surface area contributed by atoms with E-state index in [1.165, 1.54) is 3.57 Å². The Labute approximate surface area is 133 Å². The summed E-state index contributed by atoms with van der Waals surface area (Å²) < 4.78 is 2.23. The Kier molecular flexibility index (Phi) is 4.40. The SMILES string of the molecule is Cc1cc(N)c(Cl)cc1Nc1ccc(I)c(Br)c1. The van der Waals surface area contributed by atoms with E-state index in [2.05, 4.69) is 43.8 Å². The van der Waals surface area contributed by atoms with Crippen LogP contribution in [0.4, 0.5) is 17.1 Å². The molecule has 0 saturated heterocycles. The van der Waals surface area contributed by atoms with Crippen LogP contribution in [0.1, 0.15) is 5.56 Å². The van der Waals surface area contributed by atoms with Crippen molar-refractivity contribution in [3.8, 4) is 0 Å². The summed E-state index contributed by atoms with van der Waals surface area (Å²) in [4.78, 5) is 0. The van der Waals surface area contributed by atoms with E-state index in [0.717, 1.165) is 21.4 Å². The summed E-state index contributed by atoms with van der Waals surface area (Å²) in [6.07, 6.45) is 0. The van der Waals surface area contributed by atoms with E-state index in [1.807, 2.05) is 37.3 Å². The van der Waals surface area contributed by atoms with Crippen molar-refractivity contribution < 1.29 is 0 Å². The fourth-order valence-electron chi connectivity index (χ4n) is 1.57. The second kappa shape index (κ2) is 5.67. The number of benzene rings is 2. The van der Waals surface area contributed by atoms with Gasteiger partial charge in [-0.25, -0.2) is 0 Å². The Balaban J connectivity index is 2.34. The van der Waals surface area contributed by atoms with Crippen LogP contribution in [0.2, 0.25) is 5.02 Å². The quantitative estimate of drug-likeness (QED) is 0.492. The fraction of sp³-hybridized carbons (Fsp3) is 0.0769. The van der Waals surface area contributed by atoms with Gasteiger partial charge in [0.2, 0.25) is 0 Å². The summed E-state index contributed by atoms with van der Waals surface area (Å²) in [5.74, 6) is 0. The van der Waals surface area contributed by atoms with Crippen LogP contribution in [-0.2, 0) is 0 Å². The molecule has 94 valence electrons. The van der Waals surface area contributed by atoms with Gasteiger partial charge >= 0.3 is 0 Å². The van der Waals surface area contributed by atoms with E-state index >= 15 is 0 Å². The predicted molar refractivity (Wildman–Crippen MR) is 90.7 cm³/mol. The first kappa shape index (κ1) is 14.0. The van der Waals surface area contributed by atoms with Crippen LogP contribution in [0.25, 0.3) is 0 Å². The molecule has 0 aromatic heterocycles. The maximum Gasteiger partial charge on any atom is 0.0656 e. The number of nitrogens with two attached hydrogens (primary N) is 1. The van der Waals surface area contributed by atoms with Gasteiger partial charge in [0, 0.05) is 19.4 Å². The van der Waals surface area contributed by atoms with Crippen molar-refractivity contribution in [3.05, 3.63) is 49.0 Å². The van der Waals surface area contributed by atoms with Crippen LogP contribution in [0.5, 0.6) is 0 Å². The lowest BCUT2D eigenvalue weighted by molar-refractivity contribution is 1.42. The molecular formula is C13H11BrClIN2. The van der Waals surface area contributed by atoms with Crippen molar-refractivity contribution in [2.75, 3.05) is 11.1 Å². The predicted octanol–water partition coefficient (Wildman–Crippen LogP) is 5.34. The molecule has 2 aromatic rings. The zero-order chi connectivity index (χ0) is 13.3. The average molecular weight is 438 g/mol. The lowest BCUT2D eigenvalue weighted by Crippen LogP contribution is -1.96. The van der Waals surface area contributed by atoms with E-state index in [4.69, 9.17) is 17.3 Å². The number of anilines is 3. The highest BCUT2D eigenvalue weighted by Gasteiger charge is 2.05. The summed E-state index contributed by atoms with van der Waals surface area (Å²) in [6, 6.07) is 9.81. The zero-order valence-corrected chi connectivity index (χ0v) is 14.1. The number of hydrogen-bond acceptors (Lipinski definition) is 2. The minimum Gasteiger partial charge on any atom is -0.398 e. The Morgan fingerprint density at radius 2 is 2.00 bits per heavy atom. The highest BCUT2D eigenvalue weighted by Crippen LogP contribution is 2.30. The molecule has 0 unspecified atom stereocenters. The highest BCUT2D eigenvalue weighted by molar-refractivity contribution is 14.1. The third-order valence-corrected chi connectivity index (χ3v) is 5.21. The zero-order valence-electron chi connectivity index (χ0n) is 9.60. The van der Waals surface area contributed by atoms with Crippen LogP contribution in [0.15, 0.2) is 34.8 Å². The Morgan fingerprint density at radius 1 is 1.28 bits per heavy atom. The first-order valence-corrected chi connectivity index (χ1v) is 7.50. The van der Waals surface area contributed by atoms with Gasteiger partial charge < -0.3 is 11.1 Å². The summed E-state index contributed by atoms with van der Waals surface area (Å²) >= 11 is 11.8. The molecule has 0 fully saturated rings. The number of halogens is 3. The van der Waals surface area contributed by atoms with Gasteiger partial charge in [-0.15, -0.1) is 0 Å². The molecule has 2 rings (SSSR count). The standard InChI is InChI=1S/C13H11BrClIN2/c1-7-4-12(17)10(15)6-13(7)18-8-2-3-11(16)9(14)5-8/h2-6,18H,17H2,1H3. The van der Waals surface area contributed by atoms with E-state index in [1.54, 1.807) is 0 Å². The Hall–Kier alpha value is -0.460. The van der Waals surface area contributed by atoms with Crippen LogP contribution in [-0.4, -0.2) is 0 Å². The Bertz CT molecular complexity index is 602. The van der Waals surface area contributed by atoms with Crippen molar-refractivity contribution in [3.63, 3.8) is 0 Å². The minimum atomic E-state index is 0.563. The average Bonchev–Trinajstić information content (AvgIpc) is 2.31. The summed E-state index contributed by atoms with van der Waals surface area (Å²) in [6.45, 7) is 2.00. The van der Waals surface area contributed by atoms with Gasteiger partial charge in [0.25, 0.3) is 0 Å². The monoisotopic (exact) mass is 436 g/mol. The third-order valence-electron chi connectivity index (χ3n) is 2.54. The number of hydrogen-bond donors (Lipinski definition) is 2. The largest absolute Gasteiger partial charge is 0.398 e. The van der Waals surface area contributed by atoms with Gasteiger partial charge in [-0.2, -0.15) is 0 Å². The van der Waals surface area contributed by atoms with E-state index in [0.29, 0.717) is 10.7 Å². The molecule has 2 aromatic carbocycles. The summed E-state index contributed by atoms with van der Waals surface area (Å²) in [7, 11) is 0. The second-order valence-electron chi connectivity index (χ2n) is 3.94. The molecule has 0 saturated carbocycles. The summed E-state index contributed by atoms with van der Waals surface area (Å²) in [5, 5.41) is 3.90. The molecule has 0 atom stereocenters. The van der Waals surface area contributed by atoms with E-state index in [-0.39, 0.29) is 0 Å². The van der Waals surface area contributed by atoms with Gasteiger partial charge in [0.1, 0.15) is 0 Å². The van der Waals surface area contributed by atoms with Crippen LogP contribution < -0.4 is 11.1 Å². The number of rotatable bonds is 2. The maximum absolute atomic E-state index is 6.03. The highest BCUT2D eigenvalue weighted by atomic mass is 127. The molecule has 0 aliphatic heterocycles. The Morgan fingerprint density at radius 3 is 2.67 bits per heavy atom. The molecule has 18 heavy (non-hydrogen) atoms. The molecule has 0 bridgehead atoms. The normalized spacial score (nSPS) is 10.4. The van der Waals surface area contributed by atoms with Gasteiger partial charge in [0.15, 0.2) is 0 Å². The molecular weight excluding hydrogens is 426 g/mol. The summed E-state index contributed by atoms with van der Waals surface area (Å²) in [5.41, 5.74) is 9.39. The number of nitrogen functional groups attached to an aromatic ring is 1. The molecule has 2 nitrogen and oxygen atoms in total. The second-order valence-corrected chi connectivity index (χ2v) is 6.37. The number of nitrogens with one attached hydrogen (secondary N) is 1.